The van der Waals surface area contributed by atoms with Gasteiger partial charge in [-0.25, -0.2) is 0 Å². The van der Waals surface area contributed by atoms with Crippen molar-refractivity contribution >= 4 is 5.91 Å². The monoisotopic (exact) mass is 347 g/mol. The van der Waals surface area contributed by atoms with Gasteiger partial charge in [-0.3, -0.25) is 9.69 Å². The summed E-state index contributed by atoms with van der Waals surface area (Å²) in [7, 11) is 2.13. The lowest BCUT2D eigenvalue weighted by Gasteiger charge is -2.37. The van der Waals surface area contributed by atoms with Crippen LogP contribution in [0.2, 0.25) is 0 Å². The van der Waals surface area contributed by atoms with E-state index >= 15 is 0 Å². The highest BCUT2D eigenvalue weighted by Crippen LogP contribution is 2.32. The topological polar surface area (TPSA) is 26.8 Å². The average Bonchev–Trinajstić information content (AvgIpc) is 3.14. The highest BCUT2D eigenvalue weighted by Gasteiger charge is 2.41. The molecule has 3 aliphatic rings. The Hall–Kier alpha value is -0.820. The Bertz CT molecular complexity index is 449. The first-order valence-corrected chi connectivity index (χ1v) is 9.15. The molecule has 3 aliphatic heterocycles. The van der Waals surface area contributed by atoms with Crippen LogP contribution in [-0.2, 0) is 4.79 Å². The number of halogens is 3. The maximum absolute atomic E-state index is 12.9. The minimum absolute atomic E-state index is 0.0956. The fourth-order valence-electron chi connectivity index (χ4n) is 4.71. The number of nitrogens with zero attached hydrogens (tertiary/aromatic N) is 3. The number of likely N-dealkylation sites (N-methyl/N-ethyl adjacent to an activating group) is 1. The Balaban J connectivity index is 1.55. The average molecular weight is 347 g/mol. The van der Waals surface area contributed by atoms with Gasteiger partial charge in [0.1, 0.15) is 0 Å². The van der Waals surface area contributed by atoms with E-state index in [4.69, 9.17) is 0 Å². The van der Waals surface area contributed by atoms with Gasteiger partial charge in [0.2, 0.25) is 5.91 Å². The molecule has 0 spiro atoms. The van der Waals surface area contributed by atoms with Crippen LogP contribution in [0.3, 0.4) is 0 Å². The number of carbonyl (C=O) groups is 1. The summed E-state index contributed by atoms with van der Waals surface area (Å²) >= 11 is 0. The van der Waals surface area contributed by atoms with Crippen molar-refractivity contribution in [2.24, 2.45) is 5.92 Å². The highest BCUT2D eigenvalue weighted by molar-refractivity contribution is 5.79. The molecule has 0 N–H and O–H groups in total. The van der Waals surface area contributed by atoms with Crippen LogP contribution in [0.5, 0.6) is 0 Å². The molecule has 138 valence electrons. The van der Waals surface area contributed by atoms with E-state index in [2.05, 4.69) is 16.8 Å². The summed E-state index contributed by atoms with van der Waals surface area (Å²) in [4.78, 5) is 18.8. The molecule has 2 atom stereocenters. The second kappa shape index (κ2) is 7.20. The molecule has 3 saturated heterocycles. The SMILES string of the molecule is CN1CCC[C@H]1[C@H]1CCCN1C(=O)C1CCN(CC(F)(F)F)CC1. The van der Waals surface area contributed by atoms with Gasteiger partial charge < -0.3 is 9.80 Å². The third-order valence-corrected chi connectivity index (χ3v) is 5.94. The number of likely N-dealkylation sites (tertiary alicyclic amines) is 3. The predicted octanol–water partition coefficient (Wildman–Crippen LogP) is 2.35. The fraction of sp³-hybridized carbons (Fsp3) is 0.941. The molecule has 0 bridgehead atoms. The highest BCUT2D eigenvalue weighted by atomic mass is 19.4. The second-order valence-electron chi connectivity index (χ2n) is 7.60. The zero-order chi connectivity index (χ0) is 17.3. The van der Waals surface area contributed by atoms with Crippen molar-refractivity contribution in [2.75, 3.05) is 39.8 Å². The quantitative estimate of drug-likeness (QED) is 0.784. The first-order chi connectivity index (χ1) is 11.3. The Morgan fingerprint density at radius 1 is 0.958 bits per heavy atom. The molecule has 3 fully saturated rings. The molecule has 0 aromatic carbocycles. The Kier molecular flexibility index (Phi) is 5.39. The van der Waals surface area contributed by atoms with E-state index < -0.39 is 12.7 Å². The maximum Gasteiger partial charge on any atom is 0.401 e. The molecule has 0 radical (unpaired) electrons. The number of hydrogen-bond donors (Lipinski definition) is 0. The van der Waals surface area contributed by atoms with Crippen LogP contribution in [0, 0.1) is 5.92 Å². The summed E-state index contributed by atoms with van der Waals surface area (Å²) in [6.07, 6.45) is 1.41. The molecule has 7 heteroatoms. The van der Waals surface area contributed by atoms with Crippen LogP contribution in [0.4, 0.5) is 13.2 Å². The zero-order valence-corrected chi connectivity index (χ0v) is 14.4. The van der Waals surface area contributed by atoms with E-state index in [1.165, 1.54) is 11.3 Å². The summed E-state index contributed by atoms with van der Waals surface area (Å²) in [5.41, 5.74) is 0. The van der Waals surface area contributed by atoms with Gasteiger partial charge in [-0.1, -0.05) is 0 Å². The molecule has 0 saturated carbocycles. The first-order valence-electron chi connectivity index (χ1n) is 9.15. The van der Waals surface area contributed by atoms with Gasteiger partial charge >= 0.3 is 6.18 Å². The predicted molar refractivity (Wildman–Crippen MR) is 85.6 cm³/mol. The van der Waals surface area contributed by atoms with E-state index in [1.54, 1.807) is 0 Å². The van der Waals surface area contributed by atoms with E-state index in [0.29, 0.717) is 38.0 Å². The minimum Gasteiger partial charge on any atom is -0.338 e. The van der Waals surface area contributed by atoms with Gasteiger partial charge in [-0.2, -0.15) is 13.2 Å². The van der Waals surface area contributed by atoms with Crippen LogP contribution >= 0.6 is 0 Å². The molecular weight excluding hydrogens is 319 g/mol. The number of carbonyl (C=O) groups excluding carboxylic acids is 1. The Morgan fingerprint density at radius 3 is 2.17 bits per heavy atom. The number of alkyl halides is 3. The lowest BCUT2D eigenvalue weighted by atomic mass is 9.94. The molecule has 0 aliphatic carbocycles. The van der Waals surface area contributed by atoms with Crippen molar-refractivity contribution in [2.45, 2.75) is 56.8 Å². The molecule has 0 aromatic heterocycles. The molecular formula is C17H28F3N3O. The van der Waals surface area contributed by atoms with Gasteiger partial charge in [0.15, 0.2) is 0 Å². The van der Waals surface area contributed by atoms with Crippen molar-refractivity contribution < 1.29 is 18.0 Å². The van der Waals surface area contributed by atoms with Gasteiger partial charge in [-0.15, -0.1) is 0 Å². The maximum atomic E-state index is 12.9. The Morgan fingerprint density at radius 2 is 1.58 bits per heavy atom. The van der Waals surface area contributed by atoms with Crippen molar-refractivity contribution in [1.82, 2.24) is 14.7 Å². The van der Waals surface area contributed by atoms with Gasteiger partial charge in [-0.05, 0) is 65.2 Å². The third-order valence-electron chi connectivity index (χ3n) is 5.94. The van der Waals surface area contributed by atoms with Gasteiger partial charge in [0.05, 0.1) is 6.54 Å². The number of rotatable bonds is 3. The molecule has 3 rings (SSSR count). The van der Waals surface area contributed by atoms with Crippen LogP contribution in [0.25, 0.3) is 0 Å². The smallest absolute Gasteiger partial charge is 0.338 e. The number of piperidine rings is 1. The minimum atomic E-state index is -4.15. The van der Waals surface area contributed by atoms with Crippen molar-refractivity contribution in [1.29, 1.82) is 0 Å². The van der Waals surface area contributed by atoms with E-state index in [-0.39, 0.29) is 11.8 Å². The molecule has 3 heterocycles. The fourth-order valence-corrected chi connectivity index (χ4v) is 4.71. The summed E-state index contributed by atoms with van der Waals surface area (Å²) in [6.45, 7) is 1.80. The summed E-state index contributed by atoms with van der Waals surface area (Å²) in [5.74, 6) is 0.0891. The molecule has 0 unspecified atom stereocenters. The standard InChI is InChI=1S/C17H28F3N3O/c1-21-8-2-4-14(21)15-5-3-9-23(15)16(24)13-6-10-22(11-7-13)12-17(18,19)20/h13-15H,2-12H2,1H3/t14-,15+/m0/s1. The summed E-state index contributed by atoms with van der Waals surface area (Å²) in [6, 6.07) is 0.764. The van der Waals surface area contributed by atoms with Gasteiger partial charge in [0.25, 0.3) is 0 Å². The molecule has 24 heavy (non-hydrogen) atoms. The van der Waals surface area contributed by atoms with Crippen molar-refractivity contribution in [3.63, 3.8) is 0 Å². The summed E-state index contributed by atoms with van der Waals surface area (Å²) < 4.78 is 37.4. The van der Waals surface area contributed by atoms with Crippen LogP contribution in [0.1, 0.15) is 38.5 Å². The van der Waals surface area contributed by atoms with Crippen LogP contribution in [-0.4, -0.2) is 78.6 Å². The van der Waals surface area contributed by atoms with Crippen LogP contribution in [0.15, 0.2) is 0 Å². The second-order valence-corrected chi connectivity index (χ2v) is 7.60. The number of hydrogen-bond acceptors (Lipinski definition) is 3. The lowest BCUT2D eigenvalue weighted by Crippen LogP contribution is -2.50. The van der Waals surface area contributed by atoms with Crippen molar-refractivity contribution in [3.8, 4) is 0 Å². The van der Waals surface area contributed by atoms with E-state index in [1.807, 2.05) is 0 Å². The lowest BCUT2D eigenvalue weighted by molar-refractivity contribution is -0.151. The molecule has 1 amide bonds. The normalized spacial score (nSPS) is 31.1. The first kappa shape index (κ1) is 18.0. The number of amides is 1. The van der Waals surface area contributed by atoms with Gasteiger partial charge in [0, 0.05) is 24.5 Å². The third kappa shape index (κ3) is 4.04. The van der Waals surface area contributed by atoms with Crippen molar-refractivity contribution in [3.05, 3.63) is 0 Å². The summed E-state index contributed by atoms with van der Waals surface area (Å²) in [5, 5.41) is 0. The van der Waals surface area contributed by atoms with E-state index in [0.717, 1.165) is 32.4 Å². The Labute approximate surface area is 141 Å². The molecule has 0 aromatic rings. The zero-order valence-electron chi connectivity index (χ0n) is 14.4. The largest absolute Gasteiger partial charge is 0.401 e. The molecule has 4 nitrogen and oxygen atoms in total. The van der Waals surface area contributed by atoms with Crippen LogP contribution < -0.4 is 0 Å². The van der Waals surface area contributed by atoms with E-state index in [9.17, 15) is 18.0 Å².